The fraction of sp³-hybridized carbons (Fsp3) is 0.250. The van der Waals surface area contributed by atoms with E-state index in [1.807, 2.05) is 0 Å². The van der Waals surface area contributed by atoms with Gasteiger partial charge in [-0.1, -0.05) is 5.16 Å². The first-order valence-corrected chi connectivity index (χ1v) is 7.26. The van der Waals surface area contributed by atoms with E-state index in [9.17, 15) is 8.42 Å². The number of nitrogens with one attached hydrogen (secondary N) is 2. The van der Waals surface area contributed by atoms with Crippen molar-refractivity contribution in [3.8, 4) is 5.75 Å². The second-order valence-corrected chi connectivity index (χ2v) is 5.72. The van der Waals surface area contributed by atoms with Gasteiger partial charge in [0.25, 0.3) is 10.0 Å². The van der Waals surface area contributed by atoms with E-state index in [-0.39, 0.29) is 10.7 Å². The number of aromatic nitrogens is 1. The van der Waals surface area contributed by atoms with Crippen LogP contribution in [0.25, 0.3) is 0 Å². The van der Waals surface area contributed by atoms with E-state index in [0.29, 0.717) is 17.2 Å². The van der Waals surface area contributed by atoms with Crippen molar-refractivity contribution in [2.45, 2.75) is 11.8 Å². The van der Waals surface area contributed by atoms with Gasteiger partial charge in [0.1, 0.15) is 11.5 Å². The lowest BCUT2D eigenvalue weighted by molar-refractivity contribution is 0.400. The van der Waals surface area contributed by atoms with Crippen LogP contribution >= 0.6 is 0 Å². The van der Waals surface area contributed by atoms with E-state index >= 15 is 0 Å². The van der Waals surface area contributed by atoms with Gasteiger partial charge in [-0.15, -0.1) is 0 Å². The highest BCUT2D eigenvalue weighted by atomic mass is 32.2. The normalized spacial score (nSPS) is 11.2. The molecule has 2 N–H and O–H groups in total. The quantitative estimate of drug-likeness (QED) is 0.874. The molecular weight excluding hydrogens is 282 g/mol. The number of methoxy groups -OCH3 is 1. The minimum Gasteiger partial charge on any atom is -0.495 e. The molecule has 0 atom stereocenters. The fourth-order valence-corrected chi connectivity index (χ4v) is 2.66. The van der Waals surface area contributed by atoms with Crippen LogP contribution in [-0.2, 0) is 10.0 Å². The summed E-state index contributed by atoms with van der Waals surface area (Å²) in [6, 6.07) is 6.03. The highest BCUT2D eigenvalue weighted by Gasteiger charge is 2.18. The molecule has 0 fully saturated rings. The van der Waals surface area contributed by atoms with Gasteiger partial charge in [-0.3, -0.25) is 4.72 Å². The molecule has 0 saturated heterocycles. The fourth-order valence-electron chi connectivity index (χ4n) is 1.66. The summed E-state index contributed by atoms with van der Waals surface area (Å²) in [4.78, 5) is 0.0778. The predicted octanol–water partition coefficient (Wildman–Crippen LogP) is 1.83. The Morgan fingerprint density at radius 1 is 1.30 bits per heavy atom. The van der Waals surface area contributed by atoms with E-state index in [1.54, 1.807) is 20.0 Å². The van der Waals surface area contributed by atoms with Gasteiger partial charge in [-0.05, 0) is 19.1 Å². The number of rotatable bonds is 5. The molecule has 0 aliphatic heterocycles. The monoisotopic (exact) mass is 297 g/mol. The Morgan fingerprint density at radius 3 is 2.60 bits per heavy atom. The van der Waals surface area contributed by atoms with Crippen LogP contribution in [0.2, 0.25) is 0 Å². The van der Waals surface area contributed by atoms with Gasteiger partial charge in [0.15, 0.2) is 5.82 Å². The maximum absolute atomic E-state index is 12.2. The van der Waals surface area contributed by atoms with Crippen LogP contribution in [0.1, 0.15) is 5.76 Å². The van der Waals surface area contributed by atoms with Gasteiger partial charge in [0.2, 0.25) is 0 Å². The number of hydrogen-bond acceptors (Lipinski definition) is 6. The summed E-state index contributed by atoms with van der Waals surface area (Å²) in [5.41, 5.74) is 0.698. The Hall–Kier alpha value is -2.22. The summed E-state index contributed by atoms with van der Waals surface area (Å²) in [5, 5.41) is 6.50. The minimum atomic E-state index is -3.74. The summed E-state index contributed by atoms with van der Waals surface area (Å²) in [6.45, 7) is 1.68. The Balaban J connectivity index is 2.34. The third-order valence-corrected chi connectivity index (χ3v) is 3.97. The lowest BCUT2D eigenvalue weighted by Crippen LogP contribution is -2.13. The van der Waals surface area contributed by atoms with Gasteiger partial charge in [-0.2, -0.15) is 0 Å². The van der Waals surface area contributed by atoms with Crippen molar-refractivity contribution in [2.75, 3.05) is 24.2 Å². The van der Waals surface area contributed by atoms with Crippen LogP contribution in [-0.4, -0.2) is 27.7 Å². The van der Waals surface area contributed by atoms with Crippen LogP contribution in [0.15, 0.2) is 33.7 Å². The van der Waals surface area contributed by atoms with Crippen LogP contribution in [0, 0.1) is 6.92 Å². The van der Waals surface area contributed by atoms with E-state index in [0.717, 1.165) is 0 Å². The first-order valence-electron chi connectivity index (χ1n) is 5.78. The molecule has 0 amide bonds. The summed E-state index contributed by atoms with van der Waals surface area (Å²) >= 11 is 0. The molecule has 1 aromatic carbocycles. The average molecular weight is 297 g/mol. The first-order chi connectivity index (χ1) is 9.46. The van der Waals surface area contributed by atoms with Crippen molar-refractivity contribution in [2.24, 2.45) is 0 Å². The molecule has 1 aromatic heterocycles. The highest BCUT2D eigenvalue weighted by Crippen LogP contribution is 2.28. The molecule has 0 spiro atoms. The number of anilines is 2. The van der Waals surface area contributed by atoms with E-state index in [4.69, 9.17) is 9.26 Å². The standard InChI is InChI=1S/C12H15N3O4S/c1-8-6-12(14-19-8)15-20(16,17)9-4-5-10(13-2)11(7-9)18-3/h4-7,13H,1-3H3,(H,14,15). The van der Waals surface area contributed by atoms with Crippen LogP contribution in [0.4, 0.5) is 11.5 Å². The summed E-state index contributed by atoms with van der Waals surface area (Å²) in [7, 11) is -0.540. The van der Waals surface area contributed by atoms with Crippen molar-refractivity contribution < 1.29 is 17.7 Å². The van der Waals surface area contributed by atoms with Crippen molar-refractivity contribution in [1.82, 2.24) is 5.16 Å². The molecule has 8 heteroatoms. The van der Waals surface area contributed by atoms with Crippen LogP contribution in [0.3, 0.4) is 0 Å². The van der Waals surface area contributed by atoms with Crippen molar-refractivity contribution in [3.05, 3.63) is 30.0 Å². The molecule has 1 heterocycles. The van der Waals surface area contributed by atoms with Crippen molar-refractivity contribution in [1.29, 1.82) is 0 Å². The molecule has 0 aliphatic rings. The molecule has 2 rings (SSSR count). The SMILES string of the molecule is CNc1ccc(S(=O)(=O)Nc2cc(C)on2)cc1OC. The van der Waals surface area contributed by atoms with E-state index in [1.165, 1.54) is 25.3 Å². The molecule has 7 nitrogen and oxygen atoms in total. The average Bonchev–Trinajstić information content (AvgIpc) is 2.82. The molecular formula is C12H15N3O4S. The molecule has 0 unspecified atom stereocenters. The first kappa shape index (κ1) is 14.2. The lowest BCUT2D eigenvalue weighted by Gasteiger charge is -2.10. The molecule has 20 heavy (non-hydrogen) atoms. The largest absolute Gasteiger partial charge is 0.495 e. The number of aryl methyl sites for hydroxylation is 1. The Labute approximate surface area is 117 Å². The van der Waals surface area contributed by atoms with Crippen LogP contribution < -0.4 is 14.8 Å². The molecule has 0 aliphatic carbocycles. The zero-order chi connectivity index (χ0) is 14.8. The van der Waals surface area contributed by atoms with Crippen LogP contribution in [0.5, 0.6) is 5.75 Å². The van der Waals surface area contributed by atoms with Gasteiger partial charge in [0, 0.05) is 19.2 Å². The summed E-state index contributed by atoms with van der Waals surface area (Å²) < 4.78 is 36.7. The molecule has 0 bridgehead atoms. The topological polar surface area (TPSA) is 93.5 Å². The Kier molecular flexibility index (Phi) is 3.84. The molecule has 0 radical (unpaired) electrons. The third-order valence-electron chi connectivity index (χ3n) is 2.62. The molecule has 2 aromatic rings. The molecule has 0 saturated carbocycles. The zero-order valence-corrected chi connectivity index (χ0v) is 12.1. The maximum Gasteiger partial charge on any atom is 0.263 e. The van der Waals surface area contributed by atoms with Crippen molar-refractivity contribution >= 4 is 21.5 Å². The minimum absolute atomic E-state index is 0.0778. The Bertz CT molecular complexity index is 709. The number of benzene rings is 1. The van der Waals surface area contributed by atoms with Gasteiger partial charge >= 0.3 is 0 Å². The number of ether oxygens (including phenoxy) is 1. The van der Waals surface area contributed by atoms with Gasteiger partial charge in [0.05, 0.1) is 17.7 Å². The smallest absolute Gasteiger partial charge is 0.263 e. The summed E-state index contributed by atoms with van der Waals surface area (Å²) in [5.74, 6) is 1.09. The number of hydrogen-bond donors (Lipinski definition) is 2. The maximum atomic E-state index is 12.2. The number of sulfonamides is 1. The lowest BCUT2D eigenvalue weighted by atomic mass is 10.3. The van der Waals surface area contributed by atoms with Crippen molar-refractivity contribution in [3.63, 3.8) is 0 Å². The Morgan fingerprint density at radius 2 is 2.05 bits per heavy atom. The third kappa shape index (κ3) is 2.85. The van der Waals surface area contributed by atoms with Gasteiger partial charge in [-0.25, -0.2) is 8.42 Å². The second kappa shape index (κ2) is 5.41. The van der Waals surface area contributed by atoms with Gasteiger partial charge < -0.3 is 14.6 Å². The van der Waals surface area contributed by atoms with E-state index in [2.05, 4.69) is 15.2 Å². The zero-order valence-electron chi connectivity index (χ0n) is 11.3. The number of nitrogens with zero attached hydrogens (tertiary/aromatic N) is 1. The highest BCUT2D eigenvalue weighted by molar-refractivity contribution is 7.92. The molecule has 108 valence electrons. The second-order valence-electron chi connectivity index (χ2n) is 4.04. The summed E-state index contributed by atoms with van der Waals surface area (Å²) in [6.07, 6.45) is 0. The van der Waals surface area contributed by atoms with E-state index < -0.39 is 10.0 Å². The predicted molar refractivity (Wildman–Crippen MR) is 74.6 cm³/mol.